The van der Waals surface area contributed by atoms with Gasteiger partial charge in [-0.25, -0.2) is 9.18 Å². The van der Waals surface area contributed by atoms with E-state index in [9.17, 15) is 9.18 Å². The van der Waals surface area contributed by atoms with Gasteiger partial charge in [0, 0.05) is 18.6 Å². The van der Waals surface area contributed by atoms with Crippen LogP contribution in [0.25, 0.3) is 6.08 Å². The van der Waals surface area contributed by atoms with Crippen molar-refractivity contribution in [3.8, 4) is 5.75 Å². The van der Waals surface area contributed by atoms with Crippen LogP contribution in [0.5, 0.6) is 5.75 Å². The number of aliphatic carboxylic acids is 1. The Hall–Kier alpha value is -1.88. The fourth-order valence-electron chi connectivity index (χ4n) is 1.83. The molecule has 5 heteroatoms. The Kier molecular flexibility index (Phi) is 4.52. The zero-order valence-electron chi connectivity index (χ0n) is 10.3. The molecule has 1 atom stereocenters. The number of carbonyl (C=O) groups is 1. The molecule has 1 aromatic rings. The molecule has 0 aliphatic carbocycles. The van der Waals surface area contributed by atoms with Gasteiger partial charge in [-0.15, -0.1) is 0 Å². The van der Waals surface area contributed by atoms with Gasteiger partial charge in [0.15, 0.2) is 11.6 Å². The fraction of sp³-hybridized carbons (Fsp3) is 0.357. The van der Waals surface area contributed by atoms with E-state index in [-0.39, 0.29) is 5.75 Å². The molecule has 1 aliphatic rings. The van der Waals surface area contributed by atoms with Crippen LogP contribution in [0.3, 0.4) is 0 Å². The minimum atomic E-state index is -1.07. The van der Waals surface area contributed by atoms with Gasteiger partial charge in [-0.2, -0.15) is 0 Å². The summed E-state index contributed by atoms with van der Waals surface area (Å²) in [5.41, 5.74) is 0.483. The van der Waals surface area contributed by atoms with Crippen molar-refractivity contribution < 1.29 is 23.8 Å². The Bertz CT molecular complexity index is 478. The zero-order chi connectivity index (χ0) is 13.7. The highest BCUT2D eigenvalue weighted by molar-refractivity contribution is 5.85. The molecule has 1 N–H and O–H groups in total. The van der Waals surface area contributed by atoms with Crippen LogP contribution in [0.4, 0.5) is 4.39 Å². The lowest BCUT2D eigenvalue weighted by Crippen LogP contribution is -2.12. The molecule has 19 heavy (non-hydrogen) atoms. The summed E-state index contributed by atoms with van der Waals surface area (Å²) in [6, 6.07) is 4.37. The summed E-state index contributed by atoms with van der Waals surface area (Å²) in [4.78, 5) is 10.4. The third-order valence-electron chi connectivity index (χ3n) is 2.87. The predicted octanol–water partition coefficient (Wildman–Crippen LogP) is 2.34. The molecule has 1 fully saturated rings. The van der Waals surface area contributed by atoms with Crippen molar-refractivity contribution in [3.63, 3.8) is 0 Å². The standard InChI is InChI=1S/C14H15FO4/c15-12-7-10(2-4-14(16)17)1-3-13(12)19-9-11-5-6-18-8-11/h1-4,7,11H,5-6,8-9H2,(H,16,17)/b4-2+. The number of ether oxygens (including phenoxy) is 2. The van der Waals surface area contributed by atoms with E-state index in [1.54, 1.807) is 6.07 Å². The van der Waals surface area contributed by atoms with E-state index in [1.165, 1.54) is 18.2 Å². The summed E-state index contributed by atoms with van der Waals surface area (Å²) in [7, 11) is 0. The van der Waals surface area contributed by atoms with Crippen LogP contribution >= 0.6 is 0 Å². The maximum Gasteiger partial charge on any atom is 0.328 e. The summed E-state index contributed by atoms with van der Waals surface area (Å²) in [5, 5.41) is 8.49. The minimum absolute atomic E-state index is 0.180. The van der Waals surface area contributed by atoms with Crippen molar-refractivity contribution in [2.75, 3.05) is 19.8 Å². The Labute approximate surface area is 110 Å². The van der Waals surface area contributed by atoms with E-state index in [1.807, 2.05) is 0 Å². The van der Waals surface area contributed by atoms with Gasteiger partial charge in [-0.05, 0) is 30.2 Å². The van der Waals surface area contributed by atoms with Gasteiger partial charge in [0.25, 0.3) is 0 Å². The lowest BCUT2D eigenvalue weighted by Gasteiger charge is -2.11. The van der Waals surface area contributed by atoms with E-state index >= 15 is 0 Å². The van der Waals surface area contributed by atoms with Gasteiger partial charge >= 0.3 is 5.97 Å². The molecule has 0 saturated carbocycles. The molecule has 0 amide bonds. The Balaban J connectivity index is 1.96. The topological polar surface area (TPSA) is 55.8 Å². The summed E-state index contributed by atoms with van der Waals surface area (Å²) in [6.45, 7) is 1.82. The van der Waals surface area contributed by atoms with E-state index < -0.39 is 11.8 Å². The van der Waals surface area contributed by atoms with E-state index in [2.05, 4.69) is 0 Å². The van der Waals surface area contributed by atoms with Crippen LogP contribution < -0.4 is 4.74 Å². The van der Waals surface area contributed by atoms with Crippen molar-refractivity contribution in [1.82, 2.24) is 0 Å². The number of halogens is 1. The van der Waals surface area contributed by atoms with Crippen LogP contribution in [0.1, 0.15) is 12.0 Å². The molecule has 1 aliphatic heterocycles. The quantitative estimate of drug-likeness (QED) is 0.831. The molecule has 1 saturated heterocycles. The van der Waals surface area contributed by atoms with Gasteiger partial charge < -0.3 is 14.6 Å². The third-order valence-corrected chi connectivity index (χ3v) is 2.87. The Morgan fingerprint density at radius 1 is 1.58 bits per heavy atom. The Morgan fingerprint density at radius 3 is 3.05 bits per heavy atom. The normalized spacial score (nSPS) is 18.9. The highest BCUT2D eigenvalue weighted by Crippen LogP contribution is 2.21. The highest BCUT2D eigenvalue weighted by atomic mass is 19.1. The van der Waals surface area contributed by atoms with E-state index in [0.29, 0.717) is 24.7 Å². The molecule has 0 bridgehead atoms. The molecule has 0 radical (unpaired) electrons. The smallest absolute Gasteiger partial charge is 0.328 e. The van der Waals surface area contributed by atoms with Gasteiger partial charge in [0.05, 0.1) is 13.2 Å². The second-order valence-electron chi connectivity index (χ2n) is 4.40. The van der Waals surface area contributed by atoms with E-state index in [0.717, 1.165) is 19.1 Å². The molecule has 1 heterocycles. The molecule has 4 nitrogen and oxygen atoms in total. The van der Waals surface area contributed by atoms with Crippen LogP contribution in [0.15, 0.2) is 24.3 Å². The lowest BCUT2D eigenvalue weighted by atomic mass is 10.1. The Morgan fingerprint density at radius 2 is 2.42 bits per heavy atom. The number of benzene rings is 1. The minimum Gasteiger partial charge on any atom is -0.490 e. The van der Waals surface area contributed by atoms with Gasteiger partial charge in [-0.1, -0.05) is 6.07 Å². The molecule has 1 aromatic carbocycles. The monoisotopic (exact) mass is 266 g/mol. The molecule has 0 aromatic heterocycles. The molecule has 1 unspecified atom stereocenters. The predicted molar refractivity (Wildman–Crippen MR) is 67.5 cm³/mol. The molecular weight excluding hydrogens is 251 g/mol. The molecule has 2 rings (SSSR count). The highest BCUT2D eigenvalue weighted by Gasteiger charge is 2.17. The first-order chi connectivity index (χ1) is 9.15. The number of rotatable bonds is 5. The number of hydrogen-bond acceptors (Lipinski definition) is 3. The van der Waals surface area contributed by atoms with Crippen molar-refractivity contribution in [3.05, 3.63) is 35.7 Å². The van der Waals surface area contributed by atoms with Gasteiger partial charge in [0.1, 0.15) is 0 Å². The largest absolute Gasteiger partial charge is 0.490 e. The molecule has 0 spiro atoms. The van der Waals surface area contributed by atoms with Crippen molar-refractivity contribution in [2.24, 2.45) is 5.92 Å². The van der Waals surface area contributed by atoms with E-state index in [4.69, 9.17) is 14.6 Å². The lowest BCUT2D eigenvalue weighted by molar-refractivity contribution is -0.131. The number of hydrogen-bond donors (Lipinski definition) is 1. The van der Waals surface area contributed by atoms with Crippen LogP contribution in [0, 0.1) is 11.7 Å². The zero-order valence-corrected chi connectivity index (χ0v) is 10.3. The average molecular weight is 266 g/mol. The summed E-state index contributed by atoms with van der Waals surface area (Å²) < 4.78 is 24.3. The van der Waals surface area contributed by atoms with Crippen molar-refractivity contribution >= 4 is 12.0 Å². The summed E-state index contributed by atoms with van der Waals surface area (Å²) >= 11 is 0. The fourth-order valence-corrected chi connectivity index (χ4v) is 1.83. The first kappa shape index (κ1) is 13.5. The maximum atomic E-state index is 13.7. The van der Waals surface area contributed by atoms with Crippen molar-refractivity contribution in [1.29, 1.82) is 0 Å². The number of carboxylic acid groups (broad SMARTS) is 1. The second kappa shape index (κ2) is 6.33. The van der Waals surface area contributed by atoms with Gasteiger partial charge in [0.2, 0.25) is 0 Å². The van der Waals surface area contributed by atoms with Crippen LogP contribution in [-0.4, -0.2) is 30.9 Å². The van der Waals surface area contributed by atoms with Crippen molar-refractivity contribution in [2.45, 2.75) is 6.42 Å². The number of carboxylic acids is 1. The van der Waals surface area contributed by atoms with Crippen LogP contribution in [-0.2, 0) is 9.53 Å². The third kappa shape index (κ3) is 4.06. The SMILES string of the molecule is O=C(O)/C=C/c1ccc(OCC2CCOC2)c(F)c1. The first-order valence-electron chi connectivity index (χ1n) is 6.06. The maximum absolute atomic E-state index is 13.7. The summed E-state index contributed by atoms with van der Waals surface area (Å²) in [6.07, 6.45) is 3.23. The van der Waals surface area contributed by atoms with Gasteiger partial charge in [-0.3, -0.25) is 0 Å². The molecular formula is C14H15FO4. The van der Waals surface area contributed by atoms with Crippen LogP contribution in [0.2, 0.25) is 0 Å². The summed E-state index contributed by atoms with van der Waals surface area (Å²) in [5.74, 6) is -1.07. The first-order valence-corrected chi connectivity index (χ1v) is 6.06. The molecule has 102 valence electrons. The second-order valence-corrected chi connectivity index (χ2v) is 4.40. The average Bonchev–Trinajstić information content (AvgIpc) is 2.88.